The number of carbonyl (C=O) groups is 2. The highest BCUT2D eigenvalue weighted by Crippen LogP contribution is 2.19. The Morgan fingerprint density at radius 1 is 1.10 bits per heavy atom. The first-order valence-corrected chi connectivity index (χ1v) is 7.38. The van der Waals surface area contributed by atoms with Gasteiger partial charge < -0.3 is 10.1 Å². The highest BCUT2D eigenvalue weighted by molar-refractivity contribution is 5.85. The van der Waals surface area contributed by atoms with E-state index in [0.29, 0.717) is 6.42 Å². The molecule has 4 heteroatoms. The molecule has 0 saturated carbocycles. The van der Waals surface area contributed by atoms with Crippen LogP contribution in [0.25, 0.3) is 0 Å². The molecule has 0 bridgehead atoms. The Kier molecular flexibility index (Phi) is 6.72. The second-order valence-electron chi connectivity index (χ2n) is 7.70. The highest BCUT2D eigenvalue weighted by atomic mass is 16.6. The largest absolute Gasteiger partial charge is 0.458 e. The fraction of sp³-hybridized carbons (Fsp3) is 0.875. The van der Waals surface area contributed by atoms with Crippen LogP contribution >= 0.6 is 0 Å². The summed E-state index contributed by atoms with van der Waals surface area (Å²) in [5.74, 6) is -0.406. The van der Waals surface area contributed by atoms with Gasteiger partial charge in [-0.25, -0.2) is 4.79 Å². The zero-order valence-electron chi connectivity index (χ0n) is 14.3. The Balaban J connectivity index is 4.82. The fourth-order valence-electron chi connectivity index (χ4n) is 1.74. The van der Waals surface area contributed by atoms with Gasteiger partial charge in [0.2, 0.25) is 5.91 Å². The molecule has 0 aromatic heterocycles. The second kappa shape index (κ2) is 7.09. The molecule has 118 valence electrons. The molecule has 0 fully saturated rings. The van der Waals surface area contributed by atoms with Gasteiger partial charge in [-0.15, -0.1) is 0 Å². The molecule has 2 atom stereocenters. The van der Waals surface area contributed by atoms with E-state index in [9.17, 15) is 9.59 Å². The number of rotatable bonds is 5. The molecular weight excluding hydrogens is 254 g/mol. The summed E-state index contributed by atoms with van der Waals surface area (Å²) in [5, 5.41) is 2.83. The molecule has 0 aliphatic rings. The van der Waals surface area contributed by atoms with E-state index in [1.165, 1.54) is 0 Å². The van der Waals surface area contributed by atoms with Gasteiger partial charge in [0.05, 0.1) is 0 Å². The first-order valence-electron chi connectivity index (χ1n) is 7.38. The van der Waals surface area contributed by atoms with Crippen LogP contribution in [0.3, 0.4) is 0 Å². The van der Waals surface area contributed by atoms with Gasteiger partial charge in [-0.2, -0.15) is 0 Å². The first-order chi connectivity index (χ1) is 8.85. The molecule has 1 N–H and O–H groups in total. The van der Waals surface area contributed by atoms with Crippen molar-refractivity contribution in [1.82, 2.24) is 5.32 Å². The maximum absolute atomic E-state index is 12.2. The van der Waals surface area contributed by atoms with E-state index in [0.717, 1.165) is 6.42 Å². The summed E-state index contributed by atoms with van der Waals surface area (Å²) in [7, 11) is 0. The molecule has 0 unspecified atom stereocenters. The fourth-order valence-corrected chi connectivity index (χ4v) is 1.74. The van der Waals surface area contributed by atoms with Crippen molar-refractivity contribution in [2.75, 3.05) is 0 Å². The van der Waals surface area contributed by atoms with Crippen molar-refractivity contribution in [2.45, 2.75) is 79.9 Å². The van der Waals surface area contributed by atoms with E-state index >= 15 is 0 Å². The normalized spacial score (nSPS) is 15.4. The zero-order chi connectivity index (χ0) is 16.1. The molecule has 0 aliphatic carbocycles. The van der Waals surface area contributed by atoms with Gasteiger partial charge >= 0.3 is 5.97 Å². The quantitative estimate of drug-likeness (QED) is 0.789. The summed E-state index contributed by atoms with van der Waals surface area (Å²) in [6, 6.07) is -0.575. The van der Waals surface area contributed by atoms with Crippen molar-refractivity contribution in [3.05, 3.63) is 0 Å². The summed E-state index contributed by atoms with van der Waals surface area (Å²) in [5.41, 5.74) is -0.643. The van der Waals surface area contributed by atoms with E-state index in [4.69, 9.17) is 4.74 Å². The van der Waals surface area contributed by atoms with Crippen LogP contribution in [0.4, 0.5) is 0 Å². The maximum atomic E-state index is 12.2. The van der Waals surface area contributed by atoms with Crippen molar-refractivity contribution in [2.24, 2.45) is 11.3 Å². The Hall–Kier alpha value is -1.06. The standard InChI is InChI=1S/C16H31NO3/c1-9-11(2)13(14(19)20-16(6,7)8)17-12(18)10-15(3,4)5/h11,13H,9-10H2,1-8H3,(H,17,18)/t11-,13-/m0/s1. The van der Waals surface area contributed by atoms with Crippen LogP contribution in [0.5, 0.6) is 0 Å². The molecule has 0 radical (unpaired) electrons. The lowest BCUT2D eigenvalue weighted by molar-refractivity contribution is -0.160. The maximum Gasteiger partial charge on any atom is 0.329 e. The van der Waals surface area contributed by atoms with Crippen LogP contribution < -0.4 is 5.32 Å². The number of esters is 1. The topological polar surface area (TPSA) is 55.4 Å². The Morgan fingerprint density at radius 3 is 1.95 bits per heavy atom. The van der Waals surface area contributed by atoms with Gasteiger partial charge in [0.1, 0.15) is 11.6 Å². The number of amides is 1. The minimum absolute atomic E-state index is 0.0498. The molecule has 4 nitrogen and oxygen atoms in total. The van der Waals surface area contributed by atoms with E-state index in [1.54, 1.807) is 0 Å². The number of carbonyl (C=O) groups excluding carboxylic acids is 2. The van der Waals surface area contributed by atoms with E-state index < -0.39 is 11.6 Å². The molecule has 20 heavy (non-hydrogen) atoms. The smallest absolute Gasteiger partial charge is 0.329 e. The zero-order valence-corrected chi connectivity index (χ0v) is 14.3. The van der Waals surface area contributed by atoms with Crippen LogP contribution in [-0.4, -0.2) is 23.5 Å². The summed E-state index contributed by atoms with van der Waals surface area (Å²) < 4.78 is 5.40. The van der Waals surface area contributed by atoms with Gasteiger partial charge in [-0.1, -0.05) is 41.0 Å². The van der Waals surface area contributed by atoms with Crippen LogP contribution in [0.15, 0.2) is 0 Å². The van der Waals surface area contributed by atoms with Gasteiger partial charge in [0.15, 0.2) is 0 Å². The van der Waals surface area contributed by atoms with E-state index in [1.807, 2.05) is 55.4 Å². The summed E-state index contributed by atoms with van der Waals surface area (Å²) in [6.45, 7) is 15.4. The van der Waals surface area contributed by atoms with Crippen LogP contribution in [0.1, 0.15) is 68.2 Å². The van der Waals surface area contributed by atoms with E-state index in [-0.39, 0.29) is 23.2 Å². The molecule has 0 aromatic carbocycles. The number of hydrogen-bond donors (Lipinski definition) is 1. The highest BCUT2D eigenvalue weighted by Gasteiger charge is 2.31. The number of ether oxygens (including phenoxy) is 1. The molecule has 1 amide bonds. The second-order valence-corrected chi connectivity index (χ2v) is 7.70. The molecule has 0 aromatic rings. The predicted molar refractivity (Wildman–Crippen MR) is 81.3 cm³/mol. The third-order valence-corrected chi connectivity index (χ3v) is 2.88. The molecular formula is C16H31NO3. The van der Waals surface area contributed by atoms with Crippen molar-refractivity contribution >= 4 is 11.9 Å². The Morgan fingerprint density at radius 2 is 1.60 bits per heavy atom. The lowest BCUT2D eigenvalue weighted by atomic mass is 9.91. The predicted octanol–water partition coefficient (Wildman–Crippen LogP) is 3.30. The Bertz CT molecular complexity index is 337. The minimum atomic E-state index is -0.575. The van der Waals surface area contributed by atoms with Crippen molar-refractivity contribution in [1.29, 1.82) is 0 Å². The van der Waals surface area contributed by atoms with Crippen molar-refractivity contribution < 1.29 is 14.3 Å². The Labute approximate surface area is 123 Å². The summed E-state index contributed by atoms with van der Waals surface area (Å²) in [4.78, 5) is 24.3. The SMILES string of the molecule is CC[C@H](C)[C@H](NC(=O)CC(C)(C)C)C(=O)OC(C)(C)C. The number of hydrogen-bond acceptors (Lipinski definition) is 3. The van der Waals surface area contributed by atoms with Gasteiger partial charge in [0, 0.05) is 6.42 Å². The molecule has 0 rings (SSSR count). The van der Waals surface area contributed by atoms with Crippen molar-refractivity contribution in [3.8, 4) is 0 Å². The molecule has 0 heterocycles. The van der Waals surface area contributed by atoms with Gasteiger partial charge in [0.25, 0.3) is 0 Å². The third-order valence-electron chi connectivity index (χ3n) is 2.88. The average Bonchev–Trinajstić information content (AvgIpc) is 2.19. The first kappa shape index (κ1) is 18.9. The van der Waals surface area contributed by atoms with E-state index in [2.05, 4.69) is 5.32 Å². The lowest BCUT2D eigenvalue weighted by Gasteiger charge is -2.28. The monoisotopic (exact) mass is 285 g/mol. The number of nitrogens with one attached hydrogen (secondary N) is 1. The van der Waals surface area contributed by atoms with Crippen molar-refractivity contribution in [3.63, 3.8) is 0 Å². The summed E-state index contributed by atoms with van der Waals surface area (Å²) >= 11 is 0. The van der Waals surface area contributed by atoms with Crippen LogP contribution in [0, 0.1) is 11.3 Å². The summed E-state index contributed by atoms with van der Waals surface area (Å²) in [6.07, 6.45) is 1.20. The average molecular weight is 285 g/mol. The third kappa shape index (κ3) is 8.18. The molecule has 0 spiro atoms. The molecule has 0 aliphatic heterocycles. The lowest BCUT2D eigenvalue weighted by Crippen LogP contribution is -2.48. The van der Waals surface area contributed by atoms with Gasteiger partial charge in [-0.3, -0.25) is 4.79 Å². The minimum Gasteiger partial charge on any atom is -0.458 e. The molecule has 0 saturated heterocycles. The van der Waals surface area contributed by atoms with Gasteiger partial charge in [-0.05, 0) is 32.1 Å². The van der Waals surface area contributed by atoms with Crippen LogP contribution in [-0.2, 0) is 14.3 Å². The van der Waals surface area contributed by atoms with Crippen LogP contribution in [0.2, 0.25) is 0 Å².